The first kappa shape index (κ1) is 11.8. The molecule has 4 rings (SSSR count). The number of carbonyl (C=O) groups excluding carboxylic acids is 1. The zero-order valence-corrected chi connectivity index (χ0v) is 11.3. The van der Waals surface area contributed by atoms with Crippen molar-refractivity contribution in [1.82, 2.24) is 4.90 Å². The fourth-order valence-corrected chi connectivity index (χ4v) is 3.20. The molecule has 3 nitrogen and oxygen atoms in total. The van der Waals surface area contributed by atoms with Crippen LogP contribution in [-0.2, 0) is 17.8 Å². The lowest BCUT2D eigenvalue weighted by molar-refractivity contribution is -0.133. The number of hydrogen-bond donors (Lipinski definition) is 0. The second-order valence-electron chi connectivity index (χ2n) is 5.74. The van der Waals surface area contributed by atoms with Gasteiger partial charge in [-0.25, -0.2) is 0 Å². The average Bonchev–Trinajstić information content (AvgIpc) is 3.11. The lowest BCUT2D eigenvalue weighted by Gasteiger charge is -2.29. The van der Waals surface area contributed by atoms with E-state index in [4.69, 9.17) is 4.42 Å². The Morgan fingerprint density at radius 3 is 2.80 bits per heavy atom. The molecule has 2 heterocycles. The summed E-state index contributed by atoms with van der Waals surface area (Å²) in [6, 6.07) is 12.3. The SMILES string of the molecule is O=C(C1CC1c1ccco1)N1CCc2ccccc2C1. The molecule has 102 valence electrons. The third kappa shape index (κ3) is 1.94. The van der Waals surface area contributed by atoms with Crippen LogP contribution < -0.4 is 0 Å². The number of amides is 1. The minimum Gasteiger partial charge on any atom is -0.469 e. The van der Waals surface area contributed by atoms with Crippen LogP contribution in [-0.4, -0.2) is 17.4 Å². The number of nitrogens with zero attached hydrogens (tertiary/aromatic N) is 1. The molecule has 1 aromatic carbocycles. The van der Waals surface area contributed by atoms with Crippen molar-refractivity contribution in [3.8, 4) is 0 Å². The smallest absolute Gasteiger partial charge is 0.226 e. The van der Waals surface area contributed by atoms with Crippen LogP contribution in [0, 0.1) is 5.92 Å². The molecule has 1 aliphatic carbocycles. The van der Waals surface area contributed by atoms with Gasteiger partial charge < -0.3 is 9.32 Å². The van der Waals surface area contributed by atoms with Crippen LogP contribution in [0.15, 0.2) is 47.1 Å². The Labute approximate surface area is 118 Å². The van der Waals surface area contributed by atoms with E-state index in [0.717, 1.165) is 31.7 Å². The third-order valence-electron chi connectivity index (χ3n) is 4.46. The molecule has 0 radical (unpaired) electrons. The molecule has 1 aliphatic heterocycles. The zero-order valence-electron chi connectivity index (χ0n) is 11.3. The van der Waals surface area contributed by atoms with Gasteiger partial charge in [0.25, 0.3) is 0 Å². The van der Waals surface area contributed by atoms with E-state index < -0.39 is 0 Å². The second-order valence-corrected chi connectivity index (χ2v) is 5.74. The molecule has 2 aliphatic rings. The van der Waals surface area contributed by atoms with Crippen LogP contribution in [0.5, 0.6) is 0 Å². The lowest BCUT2D eigenvalue weighted by atomic mass is 9.99. The maximum Gasteiger partial charge on any atom is 0.226 e. The predicted octanol–water partition coefficient (Wildman–Crippen LogP) is 2.97. The Morgan fingerprint density at radius 1 is 1.15 bits per heavy atom. The molecule has 1 amide bonds. The van der Waals surface area contributed by atoms with E-state index >= 15 is 0 Å². The van der Waals surface area contributed by atoms with E-state index in [2.05, 4.69) is 24.3 Å². The molecule has 20 heavy (non-hydrogen) atoms. The monoisotopic (exact) mass is 267 g/mol. The van der Waals surface area contributed by atoms with Gasteiger partial charge in [-0.1, -0.05) is 24.3 Å². The van der Waals surface area contributed by atoms with Crippen LogP contribution in [0.4, 0.5) is 0 Å². The van der Waals surface area contributed by atoms with Gasteiger partial charge >= 0.3 is 0 Å². The van der Waals surface area contributed by atoms with Crippen molar-refractivity contribution in [2.24, 2.45) is 5.92 Å². The van der Waals surface area contributed by atoms with E-state index in [1.54, 1.807) is 6.26 Å². The van der Waals surface area contributed by atoms with Gasteiger partial charge in [0.15, 0.2) is 0 Å². The maximum atomic E-state index is 12.6. The summed E-state index contributed by atoms with van der Waals surface area (Å²) in [5.74, 6) is 1.68. The van der Waals surface area contributed by atoms with Gasteiger partial charge in [0, 0.05) is 24.9 Å². The van der Waals surface area contributed by atoms with Crippen molar-refractivity contribution in [3.05, 3.63) is 59.5 Å². The summed E-state index contributed by atoms with van der Waals surface area (Å²) in [7, 11) is 0. The van der Waals surface area contributed by atoms with Crippen molar-refractivity contribution in [1.29, 1.82) is 0 Å². The molecule has 0 N–H and O–H groups in total. The Hall–Kier alpha value is -2.03. The highest BCUT2D eigenvalue weighted by Gasteiger charge is 2.47. The Kier molecular flexibility index (Phi) is 2.66. The maximum absolute atomic E-state index is 12.6. The van der Waals surface area contributed by atoms with Gasteiger partial charge in [0.2, 0.25) is 5.91 Å². The summed E-state index contributed by atoms with van der Waals surface area (Å²) < 4.78 is 5.41. The Morgan fingerprint density at radius 2 is 2.00 bits per heavy atom. The molecule has 2 atom stereocenters. The summed E-state index contributed by atoms with van der Waals surface area (Å²) in [6.07, 6.45) is 3.59. The topological polar surface area (TPSA) is 33.5 Å². The summed E-state index contributed by atoms with van der Waals surface area (Å²) >= 11 is 0. The van der Waals surface area contributed by atoms with Crippen molar-refractivity contribution in [2.75, 3.05) is 6.54 Å². The molecular weight excluding hydrogens is 250 g/mol. The van der Waals surface area contributed by atoms with Gasteiger partial charge in [0.1, 0.15) is 5.76 Å². The van der Waals surface area contributed by atoms with Crippen molar-refractivity contribution >= 4 is 5.91 Å². The fourth-order valence-electron chi connectivity index (χ4n) is 3.20. The predicted molar refractivity (Wildman–Crippen MR) is 75.1 cm³/mol. The minimum absolute atomic E-state index is 0.131. The van der Waals surface area contributed by atoms with Crippen LogP contribution in [0.2, 0.25) is 0 Å². The second kappa shape index (κ2) is 4.51. The zero-order chi connectivity index (χ0) is 13.5. The van der Waals surface area contributed by atoms with Gasteiger partial charge in [0.05, 0.1) is 6.26 Å². The normalized spacial score (nSPS) is 24.3. The number of carbonyl (C=O) groups is 1. The van der Waals surface area contributed by atoms with E-state index in [1.165, 1.54) is 11.1 Å². The number of hydrogen-bond acceptors (Lipinski definition) is 2. The van der Waals surface area contributed by atoms with Crippen LogP contribution >= 0.6 is 0 Å². The molecular formula is C17H17NO2. The molecule has 1 saturated carbocycles. The number of fused-ring (bicyclic) bond motifs is 1. The summed E-state index contributed by atoms with van der Waals surface area (Å²) in [5.41, 5.74) is 2.68. The summed E-state index contributed by atoms with van der Waals surface area (Å²) in [4.78, 5) is 14.6. The summed E-state index contributed by atoms with van der Waals surface area (Å²) in [6.45, 7) is 1.60. The molecule has 0 bridgehead atoms. The number of benzene rings is 1. The first-order chi connectivity index (χ1) is 9.83. The van der Waals surface area contributed by atoms with E-state index in [1.807, 2.05) is 17.0 Å². The first-order valence-corrected chi connectivity index (χ1v) is 7.22. The highest BCUT2D eigenvalue weighted by atomic mass is 16.3. The van der Waals surface area contributed by atoms with E-state index in [9.17, 15) is 4.79 Å². The van der Waals surface area contributed by atoms with Gasteiger partial charge in [-0.15, -0.1) is 0 Å². The van der Waals surface area contributed by atoms with Crippen molar-refractivity contribution < 1.29 is 9.21 Å². The van der Waals surface area contributed by atoms with Crippen molar-refractivity contribution in [3.63, 3.8) is 0 Å². The minimum atomic E-state index is 0.131. The van der Waals surface area contributed by atoms with E-state index in [0.29, 0.717) is 11.8 Å². The molecule has 0 spiro atoms. The summed E-state index contributed by atoms with van der Waals surface area (Å²) in [5, 5.41) is 0. The molecule has 3 heteroatoms. The average molecular weight is 267 g/mol. The molecule has 1 aromatic heterocycles. The van der Waals surface area contributed by atoms with Gasteiger partial charge in [-0.05, 0) is 36.1 Å². The Bertz CT molecular complexity index is 632. The van der Waals surface area contributed by atoms with E-state index in [-0.39, 0.29) is 5.92 Å². The number of rotatable bonds is 2. The molecule has 2 aromatic rings. The number of furan rings is 1. The molecule has 1 fully saturated rings. The largest absolute Gasteiger partial charge is 0.469 e. The third-order valence-corrected chi connectivity index (χ3v) is 4.46. The van der Waals surface area contributed by atoms with Gasteiger partial charge in [-0.3, -0.25) is 4.79 Å². The molecule has 0 saturated heterocycles. The van der Waals surface area contributed by atoms with Gasteiger partial charge in [-0.2, -0.15) is 0 Å². The van der Waals surface area contributed by atoms with Crippen LogP contribution in [0.1, 0.15) is 29.2 Å². The standard InChI is InChI=1S/C17H17NO2/c19-17(15-10-14(15)16-6-3-9-20-16)18-8-7-12-4-1-2-5-13(12)11-18/h1-6,9,14-15H,7-8,10-11H2. The lowest BCUT2D eigenvalue weighted by Crippen LogP contribution is -2.37. The Balaban J connectivity index is 1.46. The van der Waals surface area contributed by atoms with Crippen LogP contribution in [0.3, 0.4) is 0 Å². The molecule has 2 unspecified atom stereocenters. The fraction of sp³-hybridized carbons (Fsp3) is 0.353. The quantitative estimate of drug-likeness (QED) is 0.838. The van der Waals surface area contributed by atoms with Crippen LogP contribution in [0.25, 0.3) is 0 Å². The highest BCUT2D eigenvalue weighted by Crippen LogP contribution is 2.48. The first-order valence-electron chi connectivity index (χ1n) is 7.22. The highest BCUT2D eigenvalue weighted by molar-refractivity contribution is 5.83. The van der Waals surface area contributed by atoms with Crippen molar-refractivity contribution in [2.45, 2.75) is 25.3 Å².